The van der Waals surface area contributed by atoms with Crippen LogP contribution in [-0.4, -0.2) is 26.6 Å². The number of hydrogen-bond acceptors (Lipinski definition) is 2. The number of likely N-dealkylation sites (N-methyl/N-ethyl adjacent to an activating group) is 1. The van der Waals surface area contributed by atoms with Gasteiger partial charge in [-0.1, -0.05) is 103 Å². The van der Waals surface area contributed by atoms with Crippen molar-refractivity contribution < 1.29 is 9.90 Å². The van der Waals surface area contributed by atoms with E-state index in [4.69, 9.17) is 0 Å². The Kier molecular flexibility index (Phi) is 13.7. The van der Waals surface area contributed by atoms with E-state index in [2.05, 4.69) is 31.2 Å². The Morgan fingerprint density at radius 3 is 1.55 bits per heavy atom. The number of carboxylic acids is 1. The molecular weight excluding hydrogens is 358 g/mol. The Balaban J connectivity index is 2.01. The minimum Gasteiger partial charge on any atom is -0.544 e. The fraction of sp³-hybridized carbons (Fsp3) is 0.731. The summed E-state index contributed by atoms with van der Waals surface area (Å²) in [6, 6.07) is 8.41. The highest BCUT2D eigenvalue weighted by Crippen LogP contribution is 2.20. The first-order chi connectivity index (χ1) is 14.0. The van der Waals surface area contributed by atoms with Crippen LogP contribution >= 0.6 is 0 Å². The van der Waals surface area contributed by atoms with Gasteiger partial charge in [0.1, 0.15) is 12.2 Å². The van der Waals surface area contributed by atoms with Gasteiger partial charge in [-0.3, -0.25) is 4.48 Å². The monoisotopic (exact) mass is 403 g/mol. The van der Waals surface area contributed by atoms with E-state index in [1.54, 1.807) is 0 Å². The van der Waals surface area contributed by atoms with Gasteiger partial charge in [-0.25, -0.2) is 0 Å². The Bertz CT molecular complexity index is 536. The molecule has 0 aromatic heterocycles. The van der Waals surface area contributed by atoms with Gasteiger partial charge in [0.2, 0.25) is 0 Å². The molecular formula is C26H45NO2. The number of carbonyl (C=O) groups is 1. The number of hydrogen-bond donors (Lipinski definition) is 0. The molecule has 0 amide bonds. The summed E-state index contributed by atoms with van der Waals surface area (Å²) in [5.74, 6) is -1.01. The molecule has 1 rings (SSSR count). The van der Waals surface area contributed by atoms with E-state index in [1.807, 2.05) is 14.1 Å². The minimum atomic E-state index is -1.01. The SMILES string of the molecule is CCCCCCCCCCCCCCCCc1ccc([N+](C)(C)CC(=O)[O-])cc1. The van der Waals surface area contributed by atoms with Crippen LogP contribution in [0.4, 0.5) is 5.69 Å². The molecule has 0 N–H and O–H groups in total. The summed E-state index contributed by atoms with van der Waals surface area (Å²) in [5.41, 5.74) is 2.36. The average Bonchev–Trinajstić information content (AvgIpc) is 2.67. The van der Waals surface area contributed by atoms with E-state index >= 15 is 0 Å². The van der Waals surface area contributed by atoms with Crippen molar-refractivity contribution in [1.82, 2.24) is 4.48 Å². The molecule has 0 aliphatic carbocycles. The number of aliphatic carboxylic acids is 1. The maximum absolute atomic E-state index is 10.9. The van der Waals surface area contributed by atoms with Crippen LogP contribution in [0.5, 0.6) is 0 Å². The van der Waals surface area contributed by atoms with Gasteiger partial charge in [-0.15, -0.1) is 0 Å². The van der Waals surface area contributed by atoms with Crippen molar-refractivity contribution in [3.63, 3.8) is 0 Å². The first-order valence-electron chi connectivity index (χ1n) is 12.1. The third kappa shape index (κ3) is 12.7. The van der Waals surface area contributed by atoms with Crippen LogP contribution in [0, 0.1) is 0 Å². The molecule has 0 bridgehead atoms. The summed E-state index contributed by atoms with van der Waals surface area (Å²) >= 11 is 0. The molecule has 0 unspecified atom stereocenters. The summed E-state index contributed by atoms with van der Waals surface area (Å²) < 4.78 is 0.321. The fourth-order valence-corrected chi connectivity index (χ4v) is 4.00. The van der Waals surface area contributed by atoms with E-state index in [9.17, 15) is 9.90 Å². The quantitative estimate of drug-likeness (QED) is 0.222. The van der Waals surface area contributed by atoms with Crippen molar-refractivity contribution in [2.45, 2.75) is 103 Å². The number of nitrogens with zero attached hydrogens (tertiary/aromatic N) is 1. The summed E-state index contributed by atoms with van der Waals surface area (Å²) in [5, 5.41) is 10.9. The normalized spacial score (nSPS) is 11.7. The first-order valence-corrected chi connectivity index (χ1v) is 12.1. The maximum atomic E-state index is 10.9. The lowest BCUT2D eigenvalue weighted by atomic mass is 10.0. The van der Waals surface area contributed by atoms with E-state index < -0.39 is 5.97 Å². The Hall–Kier alpha value is -1.35. The molecule has 29 heavy (non-hydrogen) atoms. The number of carbonyl (C=O) groups excluding carboxylic acids is 1. The van der Waals surface area contributed by atoms with E-state index in [1.165, 1.54) is 95.5 Å². The van der Waals surface area contributed by atoms with E-state index in [-0.39, 0.29) is 6.54 Å². The van der Waals surface area contributed by atoms with Crippen LogP contribution in [0.1, 0.15) is 102 Å². The number of benzene rings is 1. The second-order valence-electron chi connectivity index (χ2n) is 9.23. The average molecular weight is 404 g/mol. The number of aryl methyl sites for hydroxylation is 1. The van der Waals surface area contributed by atoms with Crippen molar-refractivity contribution >= 4 is 11.7 Å². The van der Waals surface area contributed by atoms with Crippen molar-refractivity contribution in [2.75, 3.05) is 20.6 Å². The van der Waals surface area contributed by atoms with E-state index in [0.29, 0.717) is 4.48 Å². The summed E-state index contributed by atoms with van der Waals surface area (Å²) in [6.45, 7) is 2.28. The lowest BCUT2D eigenvalue weighted by Crippen LogP contribution is -2.49. The van der Waals surface area contributed by atoms with Crippen LogP contribution in [0.15, 0.2) is 24.3 Å². The molecule has 3 heteroatoms. The zero-order valence-corrected chi connectivity index (χ0v) is 19.4. The molecule has 0 atom stereocenters. The molecule has 0 aliphatic rings. The maximum Gasteiger partial charge on any atom is 0.132 e. The zero-order chi connectivity index (χ0) is 21.4. The van der Waals surface area contributed by atoms with Crippen molar-refractivity contribution in [3.8, 4) is 0 Å². The Morgan fingerprint density at radius 2 is 1.14 bits per heavy atom. The van der Waals surface area contributed by atoms with Gasteiger partial charge in [0, 0.05) is 0 Å². The van der Waals surface area contributed by atoms with Gasteiger partial charge < -0.3 is 9.90 Å². The lowest BCUT2D eigenvalue weighted by molar-refractivity contribution is -0.305. The molecule has 166 valence electrons. The summed E-state index contributed by atoms with van der Waals surface area (Å²) in [4.78, 5) is 10.9. The molecule has 0 saturated carbocycles. The van der Waals surface area contributed by atoms with Crippen LogP contribution in [0.25, 0.3) is 0 Å². The Morgan fingerprint density at radius 1 is 0.724 bits per heavy atom. The fourth-order valence-electron chi connectivity index (χ4n) is 4.00. The van der Waals surface area contributed by atoms with E-state index in [0.717, 1.165) is 12.1 Å². The molecule has 0 fully saturated rings. The topological polar surface area (TPSA) is 40.1 Å². The molecule has 0 aliphatic heterocycles. The van der Waals surface area contributed by atoms with Gasteiger partial charge in [-0.2, -0.15) is 0 Å². The smallest absolute Gasteiger partial charge is 0.132 e. The zero-order valence-electron chi connectivity index (χ0n) is 19.4. The third-order valence-corrected chi connectivity index (χ3v) is 5.98. The van der Waals surface area contributed by atoms with Gasteiger partial charge in [-0.05, 0) is 30.5 Å². The highest BCUT2D eigenvalue weighted by Gasteiger charge is 2.18. The number of unbranched alkanes of at least 4 members (excludes halogenated alkanes) is 13. The van der Waals surface area contributed by atoms with Gasteiger partial charge in [0.25, 0.3) is 0 Å². The lowest BCUT2D eigenvalue weighted by Gasteiger charge is -2.29. The molecule has 1 aromatic rings. The van der Waals surface area contributed by atoms with Crippen LogP contribution in [-0.2, 0) is 11.2 Å². The van der Waals surface area contributed by atoms with Gasteiger partial charge in [0.05, 0.1) is 20.1 Å². The molecule has 0 radical (unpaired) electrons. The molecule has 3 nitrogen and oxygen atoms in total. The highest BCUT2D eigenvalue weighted by molar-refractivity contribution is 5.69. The van der Waals surface area contributed by atoms with Crippen LogP contribution < -0.4 is 9.59 Å². The highest BCUT2D eigenvalue weighted by atomic mass is 16.4. The largest absolute Gasteiger partial charge is 0.544 e. The predicted octanol–water partition coefficient (Wildman–Crippen LogP) is 6.03. The Labute approximate surface area is 180 Å². The third-order valence-electron chi connectivity index (χ3n) is 5.98. The number of carboxylic acid groups (broad SMARTS) is 1. The van der Waals surface area contributed by atoms with Gasteiger partial charge >= 0.3 is 0 Å². The summed E-state index contributed by atoms with van der Waals surface area (Å²) in [6.07, 6.45) is 20.6. The molecule has 1 aromatic carbocycles. The van der Waals surface area contributed by atoms with Crippen LogP contribution in [0.2, 0.25) is 0 Å². The van der Waals surface area contributed by atoms with Crippen molar-refractivity contribution in [3.05, 3.63) is 29.8 Å². The minimum absolute atomic E-state index is 0.00168. The molecule has 0 heterocycles. The van der Waals surface area contributed by atoms with Crippen LogP contribution in [0.3, 0.4) is 0 Å². The van der Waals surface area contributed by atoms with Gasteiger partial charge in [0.15, 0.2) is 0 Å². The summed E-state index contributed by atoms with van der Waals surface area (Å²) in [7, 11) is 3.80. The predicted molar refractivity (Wildman–Crippen MR) is 124 cm³/mol. The first kappa shape index (κ1) is 25.7. The molecule has 0 spiro atoms. The number of rotatable bonds is 18. The van der Waals surface area contributed by atoms with Crippen molar-refractivity contribution in [2.24, 2.45) is 0 Å². The second kappa shape index (κ2) is 15.5. The number of quaternary nitrogens is 1. The molecule has 0 saturated heterocycles. The standard InChI is InChI=1S/C26H45NO2/c1-4-5-6-7-8-9-10-11-12-13-14-15-16-17-18-24-19-21-25(22-20-24)27(2,3)23-26(28)29/h19-22H,4-18,23H2,1-3H3. The second-order valence-corrected chi connectivity index (χ2v) is 9.23. The van der Waals surface area contributed by atoms with Crippen molar-refractivity contribution in [1.29, 1.82) is 0 Å².